The molecule has 0 fully saturated rings. The summed E-state index contributed by atoms with van der Waals surface area (Å²) in [7, 11) is 0. The van der Waals surface area contributed by atoms with Crippen molar-refractivity contribution in [2.24, 2.45) is 0 Å². The molecule has 0 saturated carbocycles. The number of ether oxygens (including phenoxy) is 1. The summed E-state index contributed by atoms with van der Waals surface area (Å²) in [5.41, 5.74) is 1.27. The normalized spacial score (nSPS) is 12.0. The molecule has 0 bridgehead atoms. The van der Waals surface area contributed by atoms with Gasteiger partial charge in [-0.2, -0.15) is 5.10 Å². The van der Waals surface area contributed by atoms with Crippen LogP contribution >= 0.6 is 0 Å². The molecule has 23 heavy (non-hydrogen) atoms. The summed E-state index contributed by atoms with van der Waals surface area (Å²) in [4.78, 5) is 24.3. The second kappa shape index (κ2) is 7.09. The van der Waals surface area contributed by atoms with Gasteiger partial charge in [0.2, 0.25) is 0 Å². The number of carbonyl (C=O) groups excluding carboxylic acids is 2. The fraction of sp³-hybridized carbons (Fsp3) is 0.353. The molecule has 0 aliphatic rings. The largest absolute Gasteiger partial charge is 0.449 e. The topological polar surface area (TPSA) is 73.2 Å². The van der Waals surface area contributed by atoms with E-state index >= 15 is 0 Å². The van der Waals surface area contributed by atoms with Crippen LogP contribution in [0.5, 0.6) is 0 Å². The number of esters is 1. The van der Waals surface area contributed by atoms with Crippen LogP contribution in [0.3, 0.4) is 0 Å². The van der Waals surface area contributed by atoms with E-state index in [4.69, 9.17) is 4.74 Å². The molecule has 0 saturated heterocycles. The molecule has 122 valence electrons. The van der Waals surface area contributed by atoms with Gasteiger partial charge in [0.25, 0.3) is 5.91 Å². The first kappa shape index (κ1) is 16.7. The maximum absolute atomic E-state index is 12.2. The van der Waals surface area contributed by atoms with Crippen LogP contribution in [0, 0.1) is 6.92 Å². The molecule has 1 amide bonds. The number of benzene rings is 1. The van der Waals surface area contributed by atoms with Crippen LogP contribution in [-0.2, 0) is 9.53 Å². The Morgan fingerprint density at radius 2 is 1.87 bits per heavy atom. The Balaban J connectivity index is 2.01. The van der Waals surface area contributed by atoms with Gasteiger partial charge in [-0.1, -0.05) is 18.2 Å². The first-order chi connectivity index (χ1) is 10.9. The van der Waals surface area contributed by atoms with Gasteiger partial charge in [-0.15, -0.1) is 0 Å². The smallest absolute Gasteiger partial charge is 0.339 e. The van der Waals surface area contributed by atoms with Gasteiger partial charge in [0.05, 0.1) is 11.8 Å². The SMILES string of the molecule is Cc1ccccc1C(=O)O[C@@H](C)C(=O)Nc1ccnn1C(C)C. The van der Waals surface area contributed by atoms with E-state index in [0.717, 1.165) is 5.56 Å². The number of carbonyl (C=O) groups is 2. The van der Waals surface area contributed by atoms with Crippen molar-refractivity contribution in [1.29, 1.82) is 0 Å². The molecule has 6 heteroatoms. The van der Waals surface area contributed by atoms with Crippen molar-refractivity contribution in [3.63, 3.8) is 0 Å². The molecule has 1 aromatic heterocycles. The highest BCUT2D eigenvalue weighted by Gasteiger charge is 2.21. The molecule has 1 aromatic carbocycles. The molecule has 0 aliphatic heterocycles. The van der Waals surface area contributed by atoms with Gasteiger partial charge in [0.1, 0.15) is 5.82 Å². The number of anilines is 1. The van der Waals surface area contributed by atoms with Crippen LogP contribution in [0.4, 0.5) is 5.82 Å². The van der Waals surface area contributed by atoms with Gasteiger partial charge < -0.3 is 10.1 Å². The highest BCUT2D eigenvalue weighted by molar-refractivity contribution is 5.97. The van der Waals surface area contributed by atoms with Crippen LogP contribution in [0.15, 0.2) is 36.5 Å². The second-order valence-corrected chi connectivity index (χ2v) is 5.61. The summed E-state index contributed by atoms with van der Waals surface area (Å²) >= 11 is 0. The zero-order chi connectivity index (χ0) is 17.0. The van der Waals surface area contributed by atoms with Crippen molar-refractivity contribution in [1.82, 2.24) is 9.78 Å². The van der Waals surface area contributed by atoms with Crippen molar-refractivity contribution in [2.45, 2.75) is 39.8 Å². The molecule has 6 nitrogen and oxygen atoms in total. The summed E-state index contributed by atoms with van der Waals surface area (Å²) in [5.74, 6) is -0.332. The quantitative estimate of drug-likeness (QED) is 0.861. The zero-order valence-electron chi connectivity index (χ0n) is 13.7. The Labute approximate surface area is 135 Å². The molecule has 0 aliphatic carbocycles. The molecule has 1 N–H and O–H groups in total. The Kier molecular flexibility index (Phi) is 5.16. The van der Waals surface area contributed by atoms with Gasteiger partial charge in [0, 0.05) is 12.1 Å². The summed E-state index contributed by atoms with van der Waals surface area (Å²) < 4.78 is 6.94. The number of hydrogen-bond donors (Lipinski definition) is 1. The van der Waals surface area contributed by atoms with E-state index in [9.17, 15) is 9.59 Å². The summed E-state index contributed by atoms with van der Waals surface area (Å²) in [6.45, 7) is 7.29. The van der Waals surface area contributed by atoms with E-state index in [0.29, 0.717) is 11.4 Å². The van der Waals surface area contributed by atoms with E-state index in [1.54, 1.807) is 36.0 Å². The number of rotatable bonds is 5. The molecule has 2 rings (SSSR count). The summed E-state index contributed by atoms with van der Waals surface area (Å²) in [5, 5.41) is 6.87. The first-order valence-corrected chi connectivity index (χ1v) is 7.51. The van der Waals surface area contributed by atoms with Crippen LogP contribution in [0.1, 0.15) is 42.7 Å². The van der Waals surface area contributed by atoms with Gasteiger partial charge in [-0.25, -0.2) is 9.48 Å². The molecule has 1 atom stereocenters. The van der Waals surface area contributed by atoms with Crippen molar-refractivity contribution in [2.75, 3.05) is 5.32 Å². The minimum absolute atomic E-state index is 0.116. The van der Waals surface area contributed by atoms with Gasteiger partial charge in [0.15, 0.2) is 6.10 Å². The van der Waals surface area contributed by atoms with Crippen molar-refractivity contribution in [3.8, 4) is 0 Å². The van der Waals surface area contributed by atoms with E-state index in [-0.39, 0.29) is 6.04 Å². The number of hydrogen-bond acceptors (Lipinski definition) is 4. The maximum atomic E-state index is 12.2. The van der Waals surface area contributed by atoms with E-state index in [2.05, 4.69) is 10.4 Å². The lowest BCUT2D eigenvalue weighted by molar-refractivity contribution is -0.123. The minimum Gasteiger partial charge on any atom is -0.449 e. The molecular formula is C17H21N3O3. The third kappa shape index (κ3) is 3.97. The minimum atomic E-state index is -0.905. The fourth-order valence-corrected chi connectivity index (χ4v) is 2.13. The number of aryl methyl sites for hydroxylation is 1. The van der Waals surface area contributed by atoms with Crippen molar-refractivity contribution >= 4 is 17.7 Å². The van der Waals surface area contributed by atoms with Crippen LogP contribution in [-0.4, -0.2) is 27.8 Å². The number of nitrogens with zero attached hydrogens (tertiary/aromatic N) is 2. The van der Waals surface area contributed by atoms with Crippen molar-refractivity contribution in [3.05, 3.63) is 47.7 Å². The van der Waals surface area contributed by atoms with Gasteiger partial charge in [-0.3, -0.25) is 4.79 Å². The Bertz CT molecular complexity index is 707. The number of aromatic nitrogens is 2. The highest BCUT2D eigenvalue weighted by atomic mass is 16.5. The van der Waals surface area contributed by atoms with E-state index < -0.39 is 18.0 Å². The average Bonchev–Trinajstić information content (AvgIpc) is 2.95. The third-order valence-electron chi connectivity index (χ3n) is 3.43. The molecular weight excluding hydrogens is 294 g/mol. The molecule has 0 spiro atoms. The Morgan fingerprint density at radius 3 is 2.52 bits per heavy atom. The number of nitrogens with one attached hydrogen (secondary N) is 1. The van der Waals surface area contributed by atoms with Gasteiger partial charge >= 0.3 is 5.97 Å². The van der Waals surface area contributed by atoms with Crippen molar-refractivity contribution < 1.29 is 14.3 Å². The maximum Gasteiger partial charge on any atom is 0.339 e. The highest BCUT2D eigenvalue weighted by Crippen LogP contribution is 2.14. The lowest BCUT2D eigenvalue weighted by atomic mass is 10.1. The average molecular weight is 315 g/mol. The molecule has 2 aromatic rings. The third-order valence-corrected chi connectivity index (χ3v) is 3.43. The molecule has 0 unspecified atom stereocenters. The lowest BCUT2D eigenvalue weighted by Crippen LogP contribution is -2.31. The number of amides is 1. The first-order valence-electron chi connectivity index (χ1n) is 7.51. The second-order valence-electron chi connectivity index (χ2n) is 5.61. The predicted octanol–water partition coefficient (Wildman–Crippen LogP) is 2.96. The van der Waals surface area contributed by atoms with Crippen LogP contribution < -0.4 is 5.32 Å². The van der Waals surface area contributed by atoms with Crippen LogP contribution in [0.2, 0.25) is 0 Å². The standard InChI is InChI=1S/C17H21N3O3/c1-11(2)20-15(9-10-18-20)19-16(21)13(4)23-17(22)14-8-6-5-7-12(14)3/h5-11,13H,1-4H3,(H,19,21)/t13-/m0/s1. The molecule has 1 heterocycles. The van der Waals surface area contributed by atoms with E-state index in [1.165, 1.54) is 0 Å². The molecule has 0 radical (unpaired) electrons. The van der Waals surface area contributed by atoms with Gasteiger partial charge in [-0.05, 0) is 39.3 Å². The lowest BCUT2D eigenvalue weighted by Gasteiger charge is -2.16. The van der Waals surface area contributed by atoms with Crippen LogP contribution in [0.25, 0.3) is 0 Å². The Morgan fingerprint density at radius 1 is 1.17 bits per heavy atom. The predicted molar refractivity (Wildman–Crippen MR) is 87.3 cm³/mol. The summed E-state index contributed by atoms with van der Waals surface area (Å²) in [6, 6.07) is 8.92. The fourth-order valence-electron chi connectivity index (χ4n) is 2.13. The zero-order valence-corrected chi connectivity index (χ0v) is 13.7. The van der Waals surface area contributed by atoms with E-state index in [1.807, 2.05) is 32.9 Å². The monoisotopic (exact) mass is 315 g/mol. The Hall–Kier alpha value is -2.63. The summed E-state index contributed by atoms with van der Waals surface area (Å²) in [6.07, 6.45) is 0.706.